The SMILES string of the molecule is CC1(C)COC2C=CC=CC21. The van der Waals surface area contributed by atoms with Crippen LogP contribution in [-0.4, -0.2) is 12.7 Å². The maximum atomic E-state index is 5.63. The van der Waals surface area contributed by atoms with Crippen LogP contribution in [0, 0.1) is 11.3 Å². The molecule has 1 heterocycles. The molecule has 0 radical (unpaired) electrons. The van der Waals surface area contributed by atoms with Crippen molar-refractivity contribution in [1.29, 1.82) is 0 Å². The third-order valence-electron chi connectivity index (χ3n) is 2.63. The smallest absolute Gasteiger partial charge is 0.0827 e. The van der Waals surface area contributed by atoms with Crippen molar-refractivity contribution in [2.24, 2.45) is 11.3 Å². The summed E-state index contributed by atoms with van der Waals surface area (Å²) in [5.41, 5.74) is 0.325. The molecule has 0 aromatic rings. The van der Waals surface area contributed by atoms with Gasteiger partial charge in [-0.05, 0) is 5.41 Å². The van der Waals surface area contributed by atoms with Crippen LogP contribution in [0.1, 0.15) is 13.8 Å². The van der Waals surface area contributed by atoms with Gasteiger partial charge in [0.25, 0.3) is 0 Å². The van der Waals surface area contributed by atoms with Gasteiger partial charge in [0.05, 0.1) is 12.7 Å². The molecule has 11 heavy (non-hydrogen) atoms. The molecular formula is C10H14O. The van der Waals surface area contributed by atoms with E-state index in [1.807, 2.05) is 0 Å². The fraction of sp³-hybridized carbons (Fsp3) is 0.600. The van der Waals surface area contributed by atoms with E-state index in [4.69, 9.17) is 4.74 Å². The fourth-order valence-corrected chi connectivity index (χ4v) is 1.86. The van der Waals surface area contributed by atoms with Crippen molar-refractivity contribution in [2.75, 3.05) is 6.61 Å². The topological polar surface area (TPSA) is 9.23 Å². The first-order chi connectivity index (χ1) is 5.20. The molecule has 1 fully saturated rings. The van der Waals surface area contributed by atoms with Crippen LogP contribution in [0.5, 0.6) is 0 Å². The number of fused-ring (bicyclic) bond motifs is 1. The van der Waals surface area contributed by atoms with E-state index in [1.54, 1.807) is 0 Å². The van der Waals surface area contributed by atoms with Crippen molar-refractivity contribution >= 4 is 0 Å². The van der Waals surface area contributed by atoms with Crippen LogP contribution < -0.4 is 0 Å². The maximum Gasteiger partial charge on any atom is 0.0827 e. The Bertz CT molecular complexity index is 213. The Hall–Kier alpha value is -0.560. The van der Waals surface area contributed by atoms with Gasteiger partial charge in [0, 0.05) is 5.92 Å². The third kappa shape index (κ3) is 1.04. The summed E-state index contributed by atoms with van der Waals surface area (Å²) in [7, 11) is 0. The molecule has 1 heteroatoms. The summed E-state index contributed by atoms with van der Waals surface area (Å²) in [5.74, 6) is 0.590. The molecule has 2 unspecified atom stereocenters. The van der Waals surface area contributed by atoms with E-state index >= 15 is 0 Å². The van der Waals surface area contributed by atoms with Crippen LogP contribution in [0.25, 0.3) is 0 Å². The van der Waals surface area contributed by atoms with Crippen molar-refractivity contribution in [3.8, 4) is 0 Å². The standard InChI is InChI=1S/C10H14O/c1-10(2)7-11-9-6-4-3-5-8(9)10/h3-6,8-9H,7H2,1-2H3. The Morgan fingerprint density at radius 1 is 1.27 bits per heavy atom. The van der Waals surface area contributed by atoms with E-state index in [-0.39, 0.29) is 0 Å². The van der Waals surface area contributed by atoms with Crippen LogP contribution in [0.4, 0.5) is 0 Å². The average molecular weight is 150 g/mol. The first-order valence-electron chi connectivity index (χ1n) is 4.17. The average Bonchev–Trinajstić information content (AvgIpc) is 2.29. The zero-order chi connectivity index (χ0) is 7.90. The molecule has 0 saturated carbocycles. The lowest BCUT2D eigenvalue weighted by molar-refractivity contribution is 0.125. The van der Waals surface area contributed by atoms with Crippen molar-refractivity contribution in [2.45, 2.75) is 20.0 Å². The van der Waals surface area contributed by atoms with E-state index in [2.05, 4.69) is 38.2 Å². The molecule has 0 amide bonds. The van der Waals surface area contributed by atoms with Crippen molar-refractivity contribution in [3.63, 3.8) is 0 Å². The van der Waals surface area contributed by atoms with Gasteiger partial charge in [0.15, 0.2) is 0 Å². The van der Waals surface area contributed by atoms with Gasteiger partial charge in [0.1, 0.15) is 0 Å². The summed E-state index contributed by atoms with van der Waals surface area (Å²) in [5, 5.41) is 0. The summed E-state index contributed by atoms with van der Waals surface area (Å²) in [6.45, 7) is 5.42. The quantitative estimate of drug-likeness (QED) is 0.514. The fourth-order valence-electron chi connectivity index (χ4n) is 1.86. The van der Waals surface area contributed by atoms with Gasteiger partial charge in [-0.15, -0.1) is 0 Å². The van der Waals surface area contributed by atoms with Crippen LogP contribution in [0.15, 0.2) is 24.3 Å². The monoisotopic (exact) mass is 150 g/mol. The molecule has 1 nitrogen and oxygen atoms in total. The molecule has 0 N–H and O–H groups in total. The minimum absolute atomic E-state index is 0.325. The molecular weight excluding hydrogens is 136 g/mol. The summed E-state index contributed by atoms with van der Waals surface area (Å²) >= 11 is 0. The maximum absolute atomic E-state index is 5.63. The number of allylic oxidation sites excluding steroid dienone is 2. The van der Waals surface area contributed by atoms with E-state index in [1.165, 1.54) is 0 Å². The minimum Gasteiger partial charge on any atom is -0.373 e. The van der Waals surface area contributed by atoms with Gasteiger partial charge >= 0.3 is 0 Å². The third-order valence-corrected chi connectivity index (χ3v) is 2.63. The van der Waals surface area contributed by atoms with Gasteiger partial charge in [0.2, 0.25) is 0 Å². The Balaban J connectivity index is 2.26. The van der Waals surface area contributed by atoms with E-state index in [0.29, 0.717) is 17.4 Å². The zero-order valence-corrected chi connectivity index (χ0v) is 7.08. The Morgan fingerprint density at radius 3 is 2.73 bits per heavy atom. The highest BCUT2D eigenvalue weighted by Crippen LogP contribution is 2.40. The lowest BCUT2D eigenvalue weighted by Gasteiger charge is -2.25. The molecule has 60 valence electrons. The summed E-state index contributed by atoms with van der Waals surface area (Å²) in [6, 6.07) is 0. The van der Waals surface area contributed by atoms with Crippen LogP contribution in [-0.2, 0) is 4.74 Å². The van der Waals surface area contributed by atoms with Gasteiger partial charge in [-0.3, -0.25) is 0 Å². The lowest BCUT2D eigenvalue weighted by atomic mass is 9.77. The van der Waals surface area contributed by atoms with E-state index in [9.17, 15) is 0 Å². The second-order valence-corrected chi connectivity index (χ2v) is 4.06. The first-order valence-corrected chi connectivity index (χ1v) is 4.17. The molecule has 0 aromatic carbocycles. The van der Waals surface area contributed by atoms with Crippen molar-refractivity contribution in [3.05, 3.63) is 24.3 Å². The molecule has 2 rings (SSSR count). The van der Waals surface area contributed by atoms with E-state index in [0.717, 1.165) is 6.61 Å². The number of ether oxygens (including phenoxy) is 1. The number of hydrogen-bond acceptors (Lipinski definition) is 1. The molecule has 1 saturated heterocycles. The molecule has 0 bridgehead atoms. The van der Waals surface area contributed by atoms with Gasteiger partial charge in [-0.25, -0.2) is 0 Å². The zero-order valence-electron chi connectivity index (χ0n) is 7.08. The molecule has 2 aliphatic rings. The summed E-state index contributed by atoms with van der Waals surface area (Å²) < 4.78 is 5.63. The van der Waals surface area contributed by atoms with Gasteiger partial charge < -0.3 is 4.74 Å². The van der Waals surface area contributed by atoms with Crippen molar-refractivity contribution in [1.82, 2.24) is 0 Å². The first kappa shape index (κ1) is 7.11. The normalized spacial score (nSPS) is 39.1. The number of hydrogen-bond donors (Lipinski definition) is 0. The molecule has 0 aromatic heterocycles. The molecule has 2 atom stereocenters. The second kappa shape index (κ2) is 2.21. The second-order valence-electron chi connectivity index (χ2n) is 4.06. The minimum atomic E-state index is 0.325. The Morgan fingerprint density at radius 2 is 2.00 bits per heavy atom. The van der Waals surface area contributed by atoms with Crippen LogP contribution in [0.3, 0.4) is 0 Å². The van der Waals surface area contributed by atoms with Crippen LogP contribution >= 0.6 is 0 Å². The van der Waals surface area contributed by atoms with E-state index < -0.39 is 0 Å². The molecule has 1 aliphatic heterocycles. The molecule has 0 spiro atoms. The highest BCUT2D eigenvalue weighted by atomic mass is 16.5. The van der Waals surface area contributed by atoms with Gasteiger partial charge in [-0.2, -0.15) is 0 Å². The van der Waals surface area contributed by atoms with Crippen molar-refractivity contribution < 1.29 is 4.74 Å². The molecule has 1 aliphatic carbocycles. The number of rotatable bonds is 0. The lowest BCUT2D eigenvalue weighted by Crippen LogP contribution is -2.24. The predicted molar refractivity (Wildman–Crippen MR) is 45.3 cm³/mol. The van der Waals surface area contributed by atoms with Crippen LogP contribution in [0.2, 0.25) is 0 Å². The largest absolute Gasteiger partial charge is 0.373 e. The van der Waals surface area contributed by atoms with Gasteiger partial charge in [-0.1, -0.05) is 38.2 Å². The highest BCUT2D eigenvalue weighted by molar-refractivity contribution is 5.19. The Labute approximate surface area is 67.7 Å². The summed E-state index contributed by atoms with van der Waals surface area (Å²) in [4.78, 5) is 0. The Kier molecular flexibility index (Phi) is 1.43. The highest BCUT2D eigenvalue weighted by Gasteiger charge is 2.40. The summed E-state index contributed by atoms with van der Waals surface area (Å²) in [6.07, 6.45) is 8.95. The predicted octanol–water partition coefficient (Wildman–Crippen LogP) is 2.15.